The predicted octanol–water partition coefficient (Wildman–Crippen LogP) is 0.277. The number of rotatable bonds is 2. The molecular weight excluding hydrogens is 168 g/mol. The molecule has 1 aliphatic heterocycles. The van der Waals surface area contributed by atoms with Gasteiger partial charge in [-0.05, 0) is 12.2 Å². The number of hydrogen-bond acceptors (Lipinski definition) is 3. The average Bonchev–Trinajstić information content (AvgIpc) is 2.32. The number of hydrogen-bond donors (Lipinski definition) is 2. The average molecular weight is 176 g/mol. The van der Waals surface area contributed by atoms with E-state index in [1.54, 1.807) is 0 Å². The number of carbonyl (C=O) groups is 2. The molecule has 0 bridgehead atoms. The van der Waals surface area contributed by atoms with E-state index in [0.717, 1.165) is 0 Å². The van der Waals surface area contributed by atoms with E-state index in [1.165, 1.54) is 11.8 Å². The Morgan fingerprint density at radius 2 is 1.91 bits per heavy atom. The lowest BCUT2D eigenvalue weighted by Gasteiger charge is -2.08. The summed E-state index contributed by atoms with van der Waals surface area (Å²) in [4.78, 5) is 20.9. The van der Waals surface area contributed by atoms with Crippen LogP contribution in [-0.2, 0) is 9.59 Å². The van der Waals surface area contributed by atoms with Crippen LogP contribution in [0.1, 0.15) is 6.42 Å². The molecule has 1 rings (SSSR count). The fraction of sp³-hybridized carbons (Fsp3) is 0.667. The molecule has 1 saturated heterocycles. The topological polar surface area (TPSA) is 74.6 Å². The SMILES string of the molecule is O=C(O)C1CCSC1C(=O)O. The molecule has 0 aliphatic carbocycles. The van der Waals surface area contributed by atoms with Gasteiger partial charge in [0, 0.05) is 0 Å². The van der Waals surface area contributed by atoms with E-state index in [4.69, 9.17) is 10.2 Å². The molecule has 5 heteroatoms. The summed E-state index contributed by atoms with van der Waals surface area (Å²) in [5.41, 5.74) is 0. The molecule has 0 amide bonds. The quantitative estimate of drug-likeness (QED) is 0.632. The Morgan fingerprint density at radius 1 is 1.27 bits per heavy atom. The van der Waals surface area contributed by atoms with Gasteiger partial charge in [0.05, 0.1) is 5.92 Å². The largest absolute Gasteiger partial charge is 0.481 e. The minimum Gasteiger partial charge on any atom is -0.481 e. The molecule has 4 nitrogen and oxygen atoms in total. The summed E-state index contributed by atoms with van der Waals surface area (Å²) in [6, 6.07) is 0. The van der Waals surface area contributed by atoms with Crippen LogP contribution in [0, 0.1) is 5.92 Å². The number of thioether (sulfide) groups is 1. The van der Waals surface area contributed by atoms with Crippen molar-refractivity contribution in [2.45, 2.75) is 11.7 Å². The number of carboxylic acid groups (broad SMARTS) is 2. The summed E-state index contributed by atoms with van der Waals surface area (Å²) in [5, 5.41) is 16.4. The second-order valence-electron chi connectivity index (χ2n) is 2.36. The van der Waals surface area contributed by atoms with Crippen LogP contribution in [0.5, 0.6) is 0 Å². The van der Waals surface area contributed by atoms with Gasteiger partial charge in [-0.3, -0.25) is 9.59 Å². The van der Waals surface area contributed by atoms with Gasteiger partial charge in [-0.1, -0.05) is 0 Å². The van der Waals surface area contributed by atoms with Crippen LogP contribution in [0.4, 0.5) is 0 Å². The van der Waals surface area contributed by atoms with Gasteiger partial charge < -0.3 is 10.2 Å². The molecule has 2 atom stereocenters. The molecule has 0 radical (unpaired) electrons. The highest BCUT2D eigenvalue weighted by molar-refractivity contribution is 8.00. The first-order valence-electron chi connectivity index (χ1n) is 3.20. The molecule has 0 saturated carbocycles. The van der Waals surface area contributed by atoms with Crippen molar-refractivity contribution in [3.8, 4) is 0 Å². The van der Waals surface area contributed by atoms with Crippen LogP contribution in [0.25, 0.3) is 0 Å². The Morgan fingerprint density at radius 3 is 2.27 bits per heavy atom. The lowest BCUT2D eigenvalue weighted by atomic mass is 10.0. The Balaban J connectivity index is 2.65. The molecule has 62 valence electrons. The molecule has 1 fully saturated rings. The van der Waals surface area contributed by atoms with E-state index >= 15 is 0 Å². The first-order valence-corrected chi connectivity index (χ1v) is 4.25. The van der Waals surface area contributed by atoms with E-state index in [2.05, 4.69) is 0 Å². The summed E-state index contributed by atoms with van der Waals surface area (Å²) >= 11 is 1.21. The zero-order chi connectivity index (χ0) is 8.43. The number of aliphatic carboxylic acids is 2. The molecule has 0 aromatic rings. The Hall–Kier alpha value is -0.710. The lowest BCUT2D eigenvalue weighted by Crippen LogP contribution is -2.28. The van der Waals surface area contributed by atoms with E-state index in [1.807, 2.05) is 0 Å². The van der Waals surface area contributed by atoms with Gasteiger partial charge in [0.15, 0.2) is 0 Å². The first-order chi connectivity index (χ1) is 5.13. The van der Waals surface area contributed by atoms with Gasteiger partial charge in [-0.15, -0.1) is 11.8 Å². The van der Waals surface area contributed by atoms with Crippen LogP contribution in [0.3, 0.4) is 0 Å². The Labute approximate surface area is 67.6 Å². The van der Waals surface area contributed by atoms with E-state index in [-0.39, 0.29) is 0 Å². The maximum absolute atomic E-state index is 10.4. The Bertz CT molecular complexity index is 171. The van der Waals surface area contributed by atoms with E-state index < -0.39 is 23.1 Å². The molecule has 1 heterocycles. The van der Waals surface area contributed by atoms with Crippen LogP contribution >= 0.6 is 11.8 Å². The normalized spacial score (nSPS) is 30.2. The highest BCUT2D eigenvalue weighted by Gasteiger charge is 2.38. The minimum absolute atomic E-state index is 0.469. The van der Waals surface area contributed by atoms with Crippen molar-refractivity contribution in [3.63, 3.8) is 0 Å². The molecular formula is C6H8O4S. The second-order valence-corrected chi connectivity index (χ2v) is 3.61. The predicted molar refractivity (Wildman–Crippen MR) is 39.6 cm³/mol. The van der Waals surface area contributed by atoms with Crippen LogP contribution in [-0.4, -0.2) is 33.2 Å². The first kappa shape index (κ1) is 8.39. The fourth-order valence-corrected chi connectivity index (χ4v) is 2.36. The standard InChI is InChI=1S/C6H8O4S/c7-5(8)3-1-2-11-4(3)6(9)10/h3-4H,1-2H2,(H,7,8)(H,9,10). The van der Waals surface area contributed by atoms with Crippen molar-refractivity contribution in [1.82, 2.24) is 0 Å². The van der Waals surface area contributed by atoms with Crippen LogP contribution in [0.2, 0.25) is 0 Å². The maximum Gasteiger partial charge on any atom is 0.317 e. The summed E-state index contributed by atoms with van der Waals surface area (Å²) in [5.74, 6) is -2.08. The summed E-state index contributed by atoms with van der Waals surface area (Å²) in [7, 11) is 0. The summed E-state index contributed by atoms with van der Waals surface area (Å²) < 4.78 is 0. The van der Waals surface area contributed by atoms with Crippen molar-refractivity contribution >= 4 is 23.7 Å². The third kappa shape index (κ3) is 1.65. The number of carboxylic acids is 2. The molecule has 11 heavy (non-hydrogen) atoms. The second kappa shape index (κ2) is 3.13. The van der Waals surface area contributed by atoms with Crippen molar-refractivity contribution in [1.29, 1.82) is 0 Å². The monoisotopic (exact) mass is 176 g/mol. The molecule has 0 spiro atoms. The van der Waals surface area contributed by atoms with Crippen molar-refractivity contribution in [3.05, 3.63) is 0 Å². The highest BCUT2D eigenvalue weighted by Crippen LogP contribution is 2.32. The van der Waals surface area contributed by atoms with E-state index in [9.17, 15) is 9.59 Å². The van der Waals surface area contributed by atoms with Crippen LogP contribution in [0.15, 0.2) is 0 Å². The van der Waals surface area contributed by atoms with Gasteiger partial charge in [0.25, 0.3) is 0 Å². The molecule has 2 unspecified atom stereocenters. The molecule has 0 aromatic carbocycles. The van der Waals surface area contributed by atoms with Gasteiger partial charge in [-0.2, -0.15) is 0 Å². The summed E-state index contributed by atoms with van der Waals surface area (Å²) in [6.07, 6.45) is 0.469. The summed E-state index contributed by atoms with van der Waals surface area (Å²) in [6.45, 7) is 0. The van der Waals surface area contributed by atoms with Gasteiger partial charge in [-0.25, -0.2) is 0 Å². The zero-order valence-corrected chi connectivity index (χ0v) is 6.50. The van der Waals surface area contributed by atoms with Crippen molar-refractivity contribution in [2.75, 3.05) is 5.75 Å². The third-order valence-corrected chi connectivity index (χ3v) is 3.01. The van der Waals surface area contributed by atoms with Crippen molar-refractivity contribution in [2.24, 2.45) is 5.92 Å². The van der Waals surface area contributed by atoms with Crippen LogP contribution < -0.4 is 0 Å². The molecule has 2 N–H and O–H groups in total. The highest BCUT2D eigenvalue weighted by atomic mass is 32.2. The molecule has 0 aromatic heterocycles. The van der Waals surface area contributed by atoms with Gasteiger partial charge in [0.1, 0.15) is 5.25 Å². The van der Waals surface area contributed by atoms with Gasteiger partial charge >= 0.3 is 11.9 Å². The molecule has 1 aliphatic rings. The minimum atomic E-state index is -1.01. The maximum atomic E-state index is 10.4. The Kier molecular flexibility index (Phi) is 2.38. The van der Waals surface area contributed by atoms with Gasteiger partial charge in [0.2, 0.25) is 0 Å². The fourth-order valence-electron chi connectivity index (χ4n) is 1.09. The smallest absolute Gasteiger partial charge is 0.317 e. The lowest BCUT2D eigenvalue weighted by molar-refractivity contribution is -0.147. The van der Waals surface area contributed by atoms with E-state index in [0.29, 0.717) is 12.2 Å². The zero-order valence-electron chi connectivity index (χ0n) is 5.69. The third-order valence-electron chi connectivity index (χ3n) is 1.65. The van der Waals surface area contributed by atoms with Crippen molar-refractivity contribution < 1.29 is 19.8 Å².